The van der Waals surface area contributed by atoms with Crippen LogP contribution in [-0.4, -0.2) is 44.8 Å². The van der Waals surface area contributed by atoms with Crippen molar-refractivity contribution >= 4 is 11.7 Å². The number of amides is 1. The van der Waals surface area contributed by atoms with Gasteiger partial charge in [-0.3, -0.25) is 4.79 Å². The van der Waals surface area contributed by atoms with Gasteiger partial charge in [-0.1, -0.05) is 6.07 Å². The molecular weight excluding hydrogens is 316 g/mol. The van der Waals surface area contributed by atoms with Crippen molar-refractivity contribution in [1.29, 1.82) is 0 Å². The van der Waals surface area contributed by atoms with E-state index >= 15 is 0 Å². The third-order valence-electron chi connectivity index (χ3n) is 5.24. The zero-order chi connectivity index (χ0) is 17.2. The lowest BCUT2D eigenvalue weighted by Gasteiger charge is -2.34. The van der Waals surface area contributed by atoms with Crippen molar-refractivity contribution in [3.05, 3.63) is 36.0 Å². The van der Waals surface area contributed by atoms with Crippen LogP contribution in [0.5, 0.6) is 0 Å². The van der Waals surface area contributed by atoms with E-state index < -0.39 is 0 Å². The van der Waals surface area contributed by atoms with Gasteiger partial charge in [-0.05, 0) is 38.3 Å². The maximum absolute atomic E-state index is 12.8. The lowest BCUT2D eigenvalue weighted by atomic mass is 9.96. The molecule has 7 heteroatoms. The van der Waals surface area contributed by atoms with Gasteiger partial charge < -0.3 is 14.8 Å². The molecule has 1 saturated heterocycles. The summed E-state index contributed by atoms with van der Waals surface area (Å²) in [5, 5.41) is 11.6. The summed E-state index contributed by atoms with van der Waals surface area (Å²) in [6.45, 7) is 4.45. The number of fused-ring (bicyclic) bond motifs is 1. The van der Waals surface area contributed by atoms with E-state index in [4.69, 9.17) is 0 Å². The summed E-state index contributed by atoms with van der Waals surface area (Å²) in [5.41, 5.74) is 0. The molecule has 2 aliphatic rings. The fourth-order valence-electron chi connectivity index (χ4n) is 3.84. The van der Waals surface area contributed by atoms with Crippen molar-refractivity contribution in [2.45, 2.75) is 45.2 Å². The second kappa shape index (κ2) is 6.82. The van der Waals surface area contributed by atoms with Crippen LogP contribution in [0.2, 0.25) is 0 Å². The summed E-state index contributed by atoms with van der Waals surface area (Å²) >= 11 is 0. The zero-order valence-corrected chi connectivity index (χ0v) is 14.6. The zero-order valence-electron chi connectivity index (χ0n) is 14.6. The van der Waals surface area contributed by atoms with Gasteiger partial charge in [0, 0.05) is 38.3 Å². The molecule has 25 heavy (non-hydrogen) atoms. The molecule has 2 aliphatic heterocycles. The number of anilines is 1. The fourth-order valence-corrected chi connectivity index (χ4v) is 3.84. The maximum Gasteiger partial charge on any atom is 0.225 e. The highest BCUT2D eigenvalue weighted by molar-refractivity contribution is 5.79. The Kier molecular flexibility index (Phi) is 4.38. The second-order valence-electron chi connectivity index (χ2n) is 6.99. The number of nitrogens with zero attached hydrogens (tertiary/aromatic N) is 5. The molecule has 7 nitrogen and oxygen atoms in total. The lowest BCUT2D eigenvalue weighted by molar-refractivity contribution is -0.126. The summed E-state index contributed by atoms with van der Waals surface area (Å²) in [5.74, 6) is 3.11. The number of rotatable bonds is 3. The number of aryl methyl sites for hydroxylation is 2. The summed E-state index contributed by atoms with van der Waals surface area (Å²) in [6.07, 6.45) is 5.57. The van der Waals surface area contributed by atoms with E-state index in [1.807, 2.05) is 25.1 Å². The molecule has 0 aromatic carbocycles. The van der Waals surface area contributed by atoms with Crippen molar-refractivity contribution < 1.29 is 4.79 Å². The fraction of sp³-hybridized carbons (Fsp3) is 0.556. The first-order valence-corrected chi connectivity index (χ1v) is 9.06. The van der Waals surface area contributed by atoms with E-state index in [2.05, 4.69) is 30.0 Å². The number of carbonyl (C=O) groups excluding carboxylic acids is 1. The Balaban J connectivity index is 1.37. The number of hydrogen-bond donors (Lipinski definition) is 1. The van der Waals surface area contributed by atoms with Gasteiger partial charge in [0.05, 0.1) is 5.92 Å². The summed E-state index contributed by atoms with van der Waals surface area (Å²) in [4.78, 5) is 19.4. The van der Waals surface area contributed by atoms with Crippen LogP contribution in [0.4, 0.5) is 5.82 Å². The van der Waals surface area contributed by atoms with Crippen LogP contribution in [0.15, 0.2) is 24.4 Å². The van der Waals surface area contributed by atoms with E-state index in [1.54, 1.807) is 6.20 Å². The Bertz CT molecular complexity index is 743. The molecule has 0 spiro atoms. The van der Waals surface area contributed by atoms with E-state index in [-0.39, 0.29) is 17.9 Å². The van der Waals surface area contributed by atoms with Gasteiger partial charge in [-0.15, -0.1) is 10.2 Å². The smallest absolute Gasteiger partial charge is 0.225 e. The molecule has 0 bridgehead atoms. The molecule has 4 rings (SSSR count). The molecule has 0 aliphatic carbocycles. The molecule has 0 saturated carbocycles. The first kappa shape index (κ1) is 16.1. The predicted molar refractivity (Wildman–Crippen MR) is 94.2 cm³/mol. The molecule has 4 heterocycles. The van der Waals surface area contributed by atoms with Gasteiger partial charge in [0.15, 0.2) is 0 Å². The molecule has 1 fully saturated rings. The predicted octanol–water partition coefficient (Wildman–Crippen LogP) is 1.33. The minimum atomic E-state index is 0.0270. The van der Waals surface area contributed by atoms with Crippen LogP contribution in [0.25, 0.3) is 0 Å². The van der Waals surface area contributed by atoms with E-state index in [0.717, 1.165) is 62.8 Å². The van der Waals surface area contributed by atoms with Crippen molar-refractivity contribution in [2.75, 3.05) is 18.0 Å². The molecular formula is C18H24N6O. The highest BCUT2D eigenvalue weighted by Gasteiger charge is 2.29. The molecule has 2 aromatic rings. The van der Waals surface area contributed by atoms with Gasteiger partial charge >= 0.3 is 0 Å². The van der Waals surface area contributed by atoms with Gasteiger partial charge in [-0.2, -0.15) is 0 Å². The first-order valence-electron chi connectivity index (χ1n) is 9.06. The minimum Gasteiger partial charge on any atom is -0.356 e. The molecule has 0 radical (unpaired) electrons. The molecule has 2 unspecified atom stereocenters. The first-order chi connectivity index (χ1) is 12.2. The quantitative estimate of drug-likeness (QED) is 0.912. The van der Waals surface area contributed by atoms with Crippen LogP contribution in [0.3, 0.4) is 0 Å². The van der Waals surface area contributed by atoms with Crippen LogP contribution < -0.4 is 10.2 Å². The van der Waals surface area contributed by atoms with Gasteiger partial charge in [0.25, 0.3) is 0 Å². The normalized spacial score (nSPS) is 23.2. The highest BCUT2D eigenvalue weighted by Crippen LogP contribution is 2.22. The monoisotopic (exact) mass is 340 g/mol. The number of pyridine rings is 1. The second-order valence-corrected chi connectivity index (χ2v) is 6.99. The maximum atomic E-state index is 12.8. The third-order valence-corrected chi connectivity index (χ3v) is 5.24. The minimum absolute atomic E-state index is 0.0270. The van der Waals surface area contributed by atoms with Crippen molar-refractivity contribution in [2.24, 2.45) is 5.92 Å². The van der Waals surface area contributed by atoms with Crippen molar-refractivity contribution in [3.63, 3.8) is 0 Å². The molecule has 2 aromatic heterocycles. The van der Waals surface area contributed by atoms with E-state index in [9.17, 15) is 4.79 Å². The highest BCUT2D eigenvalue weighted by atomic mass is 16.2. The molecule has 2 atom stereocenters. The van der Waals surface area contributed by atoms with E-state index in [0.29, 0.717) is 0 Å². The number of piperidine rings is 1. The van der Waals surface area contributed by atoms with E-state index in [1.165, 1.54) is 0 Å². The van der Waals surface area contributed by atoms with Crippen LogP contribution in [0.1, 0.15) is 30.9 Å². The average molecular weight is 340 g/mol. The SMILES string of the molecule is Cc1nnc2n1CC(NC(=O)C1CCCN(c3ccccn3)C1)CC2. The number of nitrogens with one attached hydrogen (secondary N) is 1. The Morgan fingerprint density at radius 3 is 3.00 bits per heavy atom. The lowest BCUT2D eigenvalue weighted by Crippen LogP contribution is -2.48. The van der Waals surface area contributed by atoms with Gasteiger partial charge in [-0.25, -0.2) is 4.98 Å². The Morgan fingerprint density at radius 2 is 2.16 bits per heavy atom. The summed E-state index contributed by atoms with van der Waals surface area (Å²) in [6, 6.07) is 6.09. The average Bonchev–Trinajstić information content (AvgIpc) is 3.03. The Morgan fingerprint density at radius 1 is 1.24 bits per heavy atom. The van der Waals surface area contributed by atoms with Crippen LogP contribution in [-0.2, 0) is 17.8 Å². The molecule has 1 N–H and O–H groups in total. The van der Waals surface area contributed by atoms with Crippen molar-refractivity contribution in [3.8, 4) is 0 Å². The Hall–Kier alpha value is -2.44. The number of carbonyl (C=O) groups is 1. The topological polar surface area (TPSA) is 75.9 Å². The largest absolute Gasteiger partial charge is 0.356 e. The third kappa shape index (κ3) is 3.36. The molecule has 1 amide bonds. The van der Waals surface area contributed by atoms with Gasteiger partial charge in [0.1, 0.15) is 17.5 Å². The van der Waals surface area contributed by atoms with Gasteiger partial charge in [0.2, 0.25) is 5.91 Å². The van der Waals surface area contributed by atoms with Crippen molar-refractivity contribution in [1.82, 2.24) is 25.1 Å². The number of hydrogen-bond acceptors (Lipinski definition) is 5. The molecule has 132 valence electrons. The van der Waals surface area contributed by atoms with Crippen LogP contribution in [0, 0.1) is 12.8 Å². The standard InChI is InChI=1S/C18H24N6O/c1-13-21-22-17-8-7-15(12-24(13)17)20-18(25)14-5-4-10-23(11-14)16-6-2-3-9-19-16/h2-3,6,9,14-15H,4-5,7-8,10-12H2,1H3,(H,20,25). The van der Waals surface area contributed by atoms with Crippen LogP contribution >= 0.6 is 0 Å². The Labute approximate surface area is 147 Å². The number of aromatic nitrogens is 4. The summed E-state index contributed by atoms with van der Waals surface area (Å²) in [7, 11) is 0. The summed E-state index contributed by atoms with van der Waals surface area (Å²) < 4.78 is 2.12.